The van der Waals surface area contributed by atoms with Crippen LogP contribution in [0.25, 0.3) is 0 Å². The zero-order valence-corrected chi connectivity index (χ0v) is 21.2. The summed E-state index contributed by atoms with van der Waals surface area (Å²) < 4.78 is 10.3. The number of hydrogen-bond donors (Lipinski definition) is 3. The van der Waals surface area contributed by atoms with Crippen molar-refractivity contribution >= 4 is 40.4 Å². The summed E-state index contributed by atoms with van der Waals surface area (Å²) in [4.78, 5) is 36.5. The van der Waals surface area contributed by atoms with E-state index in [-0.39, 0.29) is 23.9 Å². The molecule has 0 radical (unpaired) electrons. The summed E-state index contributed by atoms with van der Waals surface area (Å²) in [5.41, 5.74) is 14.7. The third-order valence-corrected chi connectivity index (χ3v) is 5.66. The highest BCUT2D eigenvalue weighted by atomic mass is 16.5. The lowest BCUT2D eigenvalue weighted by atomic mass is 9.97. The van der Waals surface area contributed by atoms with Gasteiger partial charge in [0.25, 0.3) is 5.91 Å². The van der Waals surface area contributed by atoms with E-state index in [9.17, 15) is 9.59 Å². The molecule has 0 aliphatic carbocycles. The molecule has 0 bridgehead atoms. The number of amides is 1. The second kappa shape index (κ2) is 12.9. The zero-order chi connectivity index (χ0) is 26.8. The van der Waals surface area contributed by atoms with Gasteiger partial charge in [-0.3, -0.25) is 9.79 Å². The lowest BCUT2D eigenvalue weighted by molar-refractivity contribution is -0.138. The Hall–Kier alpha value is -4.60. The molecule has 3 rings (SSSR count). The van der Waals surface area contributed by atoms with E-state index < -0.39 is 5.97 Å². The molecule has 0 spiro atoms. The van der Waals surface area contributed by atoms with E-state index >= 15 is 0 Å². The number of anilines is 2. The van der Waals surface area contributed by atoms with Crippen LogP contribution in [-0.4, -0.2) is 57.2 Å². The number of piperidine rings is 1. The summed E-state index contributed by atoms with van der Waals surface area (Å²) >= 11 is 0. The topological polar surface area (TPSA) is 145 Å². The minimum Gasteiger partial charge on any atom is -0.497 e. The third kappa shape index (κ3) is 6.75. The fourth-order valence-electron chi connectivity index (χ4n) is 3.74. The molecule has 1 fully saturated rings. The molecule has 2 aromatic rings. The van der Waals surface area contributed by atoms with Crippen molar-refractivity contribution in [3.63, 3.8) is 0 Å². The van der Waals surface area contributed by atoms with Crippen LogP contribution in [0, 0.1) is 0 Å². The van der Waals surface area contributed by atoms with E-state index in [0.29, 0.717) is 42.2 Å². The summed E-state index contributed by atoms with van der Waals surface area (Å²) in [6, 6.07) is 14.4. The molecule has 1 amide bonds. The number of aliphatic imine (C=N–C) groups is 2. The fraction of sp³-hybridized carbons (Fsp3) is 0.259. The monoisotopic (exact) mass is 504 g/mol. The van der Waals surface area contributed by atoms with E-state index in [4.69, 9.17) is 20.9 Å². The number of ether oxygens (including phenoxy) is 2. The van der Waals surface area contributed by atoms with Crippen LogP contribution >= 0.6 is 0 Å². The number of carbonyl (C=O) groups is 2. The van der Waals surface area contributed by atoms with Crippen molar-refractivity contribution in [3.05, 3.63) is 72.1 Å². The summed E-state index contributed by atoms with van der Waals surface area (Å²) in [6.07, 6.45) is 3.48. The van der Waals surface area contributed by atoms with Gasteiger partial charge in [-0.2, -0.15) is 0 Å². The van der Waals surface area contributed by atoms with Gasteiger partial charge in [0.15, 0.2) is 0 Å². The number of rotatable bonds is 9. The lowest BCUT2D eigenvalue weighted by Crippen LogP contribution is -2.44. The van der Waals surface area contributed by atoms with Gasteiger partial charge in [-0.05, 0) is 68.1 Å². The standard InChI is InChI=1S/C27H32N6O4/c1-4-37-27(35)24(29)23-13-15-33(26(34)25(23)32-18-8-10-22(36-3)11-9-18)21-7-5-6-19(16-21)31-17-20(30-2)12-14-28/h5-12,14,16,31H,4,13,15,17,28-29H2,1-3H3. The van der Waals surface area contributed by atoms with Crippen molar-refractivity contribution in [2.75, 3.05) is 44.1 Å². The van der Waals surface area contributed by atoms with Crippen LogP contribution in [0.1, 0.15) is 13.3 Å². The van der Waals surface area contributed by atoms with Crippen molar-refractivity contribution in [3.8, 4) is 5.75 Å². The lowest BCUT2D eigenvalue weighted by Gasteiger charge is -2.30. The maximum atomic E-state index is 13.7. The summed E-state index contributed by atoms with van der Waals surface area (Å²) in [6.45, 7) is 2.65. The van der Waals surface area contributed by atoms with E-state index in [2.05, 4.69) is 15.3 Å². The number of nitrogens with two attached hydrogens (primary N) is 2. The number of methoxy groups -OCH3 is 1. The van der Waals surface area contributed by atoms with E-state index in [0.717, 1.165) is 11.4 Å². The van der Waals surface area contributed by atoms with Crippen LogP contribution in [0.2, 0.25) is 0 Å². The van der Waals surface area contributed by atoms with Crippen molar-refractivity contribution in [1.29, 1.82) is 0 Å². The maximum absolute atomic E-state index is 13.7. The maximum Gasteiger partial charge on any atom is 0.354 e. The number of esters is 1. The zero-order valence-electron chi connectivity index (χ0n) is 21.2. The Labute approximate surface area is 216 Å². The quantitative estimate of drug-likeness (QED) is 0.270. The number of benzene rings is 2. The van der Waals surface area contributed by atoms with E-state index in [1.807, 2.05) is 24.3 Å². The SMILES string of the molecule is CCOC(=O)C(N)=C1CCN(c2cccc(NCC(C=CN)=NC)c2)C(=O)C1=Nc1ccc(OC)cc1. The highest BCUT2D eigenvalue weighted by Crippen LogP contribution is 2.28. The average Bonchev–Trinajstić information content (AvgIpc) is 2.92. The Kier molecular flexibility index (Phi) is 9.42. The van der Waals surface area contributed by atoms with Gasteiger partial charge in [-0.15, -0.1) is 0 Å². The summed E-state index contributed by atoms with van der Waals surface area (Å²) in [5, 5.41) is 3.28. The summed E-state index contributed by atoms with van der Waals surface area (Å²) in [5.74, 6) is -0.388. The van der Waals surface area contributed by atoms with Gasteiger partial charge >= 0.3 is 5.97 Å². The molecule has 37 heavy (non-hydrogen) atoms. The molecule has 194 valence electrons. The van der Waals surface area contributed by atoms with Gasteiger partial charge in [0, 0.05) is 30.5 Å². The molecule has 10 nitrogen and oxygen atoms in total. The Morgan fingerprint density at radius 1 is 1.22 bits per heavy atom. The van der Waals surface area contributed by atoms with E-state index in [1.165, 1.54) is 6.20 Å². The number of nitrogens with zero attached hydrogens (tertiary/aromatic N) is 3. The molecule has 0 atom stereocenters. The second-order valence-electron chi connectivity index (χ2n) is 7.96. The molecule has 5 N–H and O–H groups in total. The van der Waals surface area contributed by atoms with Gasteiger partial charge in [-0.1, -0.05) is 6.07 Å². The van der Waals surface area contributed by atoms with Crippen LogP contribution in [0.3, 0.4) is 0 Å². The molecule has 0 unspecified atom stereocenters. The Balaban J connectivity index is 1.96. The first kappa shape index (κ1) is 27.0. The molecular weight excluding hydrogens is 472 g/mol. The van der Waals surface area contributed by atoms with Gasteiger partial charge in [0.2, 0.25) is 0 Å². The highest BCUT2D eigenvalue weighted by molar-refractivity contribution is 6.51. The first-order chi connectivity index (χ1) is 17.9. The fourth-order valence-corrected chi connectivity index (χ4v) is 3.74. The Morgan fingerprint density at radius 2 is 1.97 bits per heavy atom. The van der Waals surface area contributed by atoms with Crippen LogP contribution in [0.15, 0.2) is 82.1 Å². The highest BCUT2D eigenvalue weighted by Gasteiger charge is 2.33. The molecule has 2 aromatic carbocycles. The van der Waals surface area contributed by atoms with Gasteiger partial charge in [0.1, 0.15) is 17.2 Å². The number of nitrogens with one attached hydrogen (secondary N) is 1. The van der Waals surface area contributed by atoms with Crippen molar-refractivity contribution in [2.45, 2.75) is 13.3 Å². The molecule has 0 aromatic heterocycles. The third-order valence-electron chi connectivity index (χ3n) is 5.66. The molecule has 10 heteroatoms. The second-order valence-corrected chi connectivity index (χ2v) is 7.96. The van der Waals surface area contributed by atoms with Crippen molar-refractivity contribution in [1.82, 2.24) is 0 Å². The van der Waals surface area contributed by atoms with Gasteiger partial charge in [0.05, 0.1) is 31.7 Å². The molecule has 1 aliphatic rings. The van der Waals surface area contributed by atoms with Crippen LogP contribution < -0.4 is 26.4 Å². The van der Waals surface area contributed by atoms with Gasteiger partial charge in [-0.25, -0.2) is 9.79 Å². The van der Waals surface area contributed by atoms with Gasteiger partial charge < -0.3 is 31.2 Å². The molecular formula is C27H32N6O4. The predicted molar refractivity (Wildman–Crippen MR) is 147 cm³/mol. The minimum absolute atomic E-state index is 0.0915. The normalized spacial score (nSPS) is 16.7. The van der Waals surface area contributed by atoms with E-state index in [1.54, 1.807) is 56.3 Å². The largest absolute Gasteiger partial charge is 0.497 e. The summed E-state index contributed by atoms with van der Waals surface area (Å²) in [7, 11) is 3.26. The number of carbonyl (C=O) groups excluding carboxylic acids is 2. The van der Waals surface area contributed by atoms with Crippen molar-refractivity contribution < 1.29 is 19.1 Å². The molecule has 1 heterocycles. The predicted octanol–water partition coefficient (Wildman–Crippen LogP) is 2.94. The number of hydrogen-bond acceptors (Lipinski definition) is 9. The minimum atomic E-state index is -0.674. The Morgan fingerprint density at radius 3 is 2.62 bits per heavy atom. The van der Waals surface area contributed by atoms with Crippen LogP contribution in [0.4, 0.5) is 17.1 Å². The average molecular weight is 505 g/mol. The Bertz CT molecular complexity index is 1250. The van der Waals surface area contributed by atoms with Crippen LogP contribution in [0.5, 0.6) is 5.75 Å². The van der Waals surface area contributed by atoms with Crippen LogP contribution in [-0.2, 0) is 14.3 Å². The smallest absolute Gasteiger partial charge is 0.354 e. The first-order valence-corrected chi connectivity index (χ1v) is 11.8. The molecule has 1 aliphatic heterocycles. The molecule has 0 saturated carbocycles. The first-order valence-electron chi connectivity index (χ1n) is 11.8. The van der Waals surface area contributed by atoms with Crippen molar-refractivity contribution in [2.24, 2.45) is 21.5 Å². The molecule has 1 saturated heterocycles.